The summed E-state index contributed by atoms with van der Waals surface area (Å²) in [6, 6.07) is 7.85. The predicted molar refractivity (Wildman–Crippen MR) is 79.8 cm³/mol. The maximum absolute atomic E-state index is 12.6. The number of amides is 1. The molecule has 1 aromatic carbocycles. The smallest absolute Gasteiger partial charge is 0.230 e. The minimum atomic E-state index is -0.0561. The van der Waals surface area contributed by atoms with Gasteiger partial charge in [-0.1, -0.05) is 24.6 Å². The van der Waals surface area contributed by atoms with Gasteiger partial charge in [-0.2, -0.15) is 0 Å². The summed E-state index contributed by atoms with van der Waals surface area (Å²) in [5.74, 6) is 1.00. The Morgan fingerprint density at radius 1 is 1.35 bits per heavy atom. The standard InChI is InChI=1S/C16H24N2O2/c1-18(11-6-2-5-10-17)16(19)14-9-12-20-15-8-4-3-7-13(14)15/h3-4,7-8,14H,2,5-6,9-12,17H2,1H3. The third-order valence-corrected chi connectivity index (χ3v) is 3.83. The second-order valence-electron chi connectivity index (χ2n) is 5.34. The van der Waals surface area contributed by atoms with Gasteiger partial charge in [0.05, 0.1) is 12.5 Å². The largest absolute Gasteiger partial charge is 0.493 e. The minimum absolute atomic E-state index is 0.0561. The Kier molecular flexibility index (Phi) is 5.41. The van der Waals surface area contributed by atoms with Crippen molar-refractivity contribution in [2.45, 2.75) is 31.6 Å². The van der Waals surface area contributed by atoms with Gasteiger partial charge < -0.3 is 15.4 Å². The maximum Gasteiger partial charge on any atom is 0.230 e. The maximum atomic E-state index is 12.6. The zero-order valence-corrected chi connectivity index (χ0v) is 12.2. The number of rotatable bonds is 6. The van der Waals surface area contributed by atoms with Crippen molar-refractivity contribution in [2.75, 3.05) is 26.7 Å². The first kappa shape index (κ1) is 14.9. The average molecular weight is 276 g/mol. The molecule has 2 N–H and O–H groups in total. The molecule has 1 heterocycles. The van der Waals surface area contributed by atoms with Crippen molar-refractivity contribution < 1.29 is 9.53 Å². The van der Waals surface area contributed by atoms with Crippen LogP contribution >= 0.6 is 0 Å². The number of unbranched alkanes of at least 4 members (excludes halogenated alkanes) is 2. The van der Waals surface area contributed by atoms with E-state index < -0.39 is 0 Å². The molecule has 0 aromatic heterocycles. The summed E-state index contributed by atoms with van der Waals surface area (Å²) < 4.78 is 5.61. The molecular formula is C16H24N2O2. The van der Waals surface area contributed by atoms with Crippen LogP contribution in [0.5, 0.6) is 5.75 Å². The molecule has 0 bridgehead atoms. The SMILES string of the molecule is CN(CCCCCN)C(=O)C1CCOc2ccccc21. The van der Waals surface area contributed by atoms with Crippen LogP contribution in [-0.2, 0) is 4.79 Å². The van der Waals surface area contributed by atoms with Crippen LogP contribution in [0.25, 0.3) is 0 Å². The summed E-state index contributed by atoms with van der Waals surface area (Å²) in [5, 5.41) is 0. The number of carbonyl (C=O) groups excluding carboxylic acids is 1. The number of hydrogen-bond acceptors (Lipinski definition) is 3. The summed E-state index contributed by atoms with van der Waals surface area (Å²) in [6.45, 7) is 2.15. The van der Waals surface area contributed by atoms with Gasteiger partial charge in [0, 0.05) is 19.2 Å². The zero-order valence-electron chi connectivity index (χ0n) is 12.2. The Morgan fingerprint density at radius 3 is 2.95 bits per heavy atom. The Hall–Kier alpha value is -1.55. The van der Waals surface area contributed by atoms with Gasteiger partial charge in [0.25, 0.3) is 0 Å². The molecule has 0 aliphatic carbocycles. The lowest BCUT2D eigenvalue weighted by Crippen LogP contribution is -2.34. The quantitative estimate of drug-likeness (QED) is 0.810. The van der Waals surface area contributed by atoms with E-state index >= 15 is 0 Å². The fourth-order valence-electron chi connectivity index (χ4n) is 2.64. The van der Waals surface area contributed by atoms with Crippen LogP contribution in [0, 0.1) is 0 Å². The summed E-state index contributed by atoms with van der Waals surface area (Å²) in [4.78, 5) is 14.4. The van der Waals surface area contributed by atoms with Crippen molar-refractivity contribution in [3.8, 4) is 5.75 Å². The molecule has 1 unspecified atom stereocenters. The highest BCUT2D eigenvalue weighted by molar-refractivity contribution is 5.84. The number of nitrogens with two attached hydrogens (primary N) is 1. The van der Waals surface area contributed by atoms with E-state index in [1.165, 1.54) is 0 Å². The first-order chi connectivity index (χ1) is 9.74. The van der Waals surface area contributed by atoms with Crippen molar-refractivity contribution in [3.63, 3.8) is 0 Å². The molecule has 0 saturated carbocycles. The third kappa shape index (κ3) is 3.51. The molecule has 1 aliphatic rings. The molecular weight excluding hydrogens is 252 g/mol. The predicted octanol–water partition coefficient (Wildman–Crippen LogP) is 2.14. The van der Waals surface area contributed by atoms with Gasteiger partial charge in [-0.05, 0) is 31.9 Å². The van der Waals surface area contributed by atoms with E-state index in [1.54, 1.807) is 0 Å². The van der Waals surface area contributed by atoms with Crippen LogP contribution in [0.15, 0.2) is 24.3 Å². The van der Waals surface area contributed by atoms with Crippen molar-refractivity contribution in [1.82, 2.24) is 4.90 Å². The van der Waals surface area contributed by atoms with Gasteiger partial charge in [0.2, 0.25) is 5.91 Å². The lowest BCUT2D eigenvalue weighted by Gasteiger charge is -2.28. The molecule has 1 aromatic rings. The van der Waals surface area contributed by atoms with E-state index in [4.69, 9.17) is 10.5 Å². The summed E-state index contributed by atoms with van der Waals surface area (Å²) in [5.41, 5.74) is 6.51. The molecule has 2 rings (SSSR count). The molecule has 1 atom stereocenters. The number of para-hydroxylation sites is 1. The van der Waals surface area contributed by atoms with Crippen molar-refractivity contribution in [2.24, 2.45) is 5.73 Å². The minimum Gasteiger partial charge on any atom is -0.493 e. The van der Waals surface area contributed by atoms with Crippen LogP contribution < -0.4 is 10.5 Å². The highest BCUT2D eigenvalue weighted by Gasteiger charge is 2.29. The molecule has 4 heteroatoms. The molecule has 110 valence electrons. The number of benzene rings is 1. The van der Waals surface area contributed by atoms with Gasteiger partial charge in [0.15, 0.2) is 0 Å². The molecule has 4 nitrogen and oxygen atoms in total. The average Bonchev–Trinajstić information content (AvgIpc) is 2.50. The van der Waals surface area contributed by atoms with E-state index in [1.807, 2.05) is 36.2 Å². The van der Waals surface area contributed by atoms with Crippen LogP contribution in [0.4, 0.5) is 0 Å². The molecule has 0 radical (unpaired) electrons. The monoisotopic (exact) mass is 276 g/mol. The van der Waals surface area contributed by atoms with Crippen LogP contribution in [0.3, 0.4) is 0 Å². The molecule has 0 spiro atoms. The van der Waals surface area contributed by atoms with E-state index in [9.17, 15) is 4.79 Å². The van der Waals surface area contributed by atoms with Gasteiger partial charge in [-0.25, -0.2) is 0 Å². The third-order valence-electron chi connectivity index (χ3n) is 3.83. The fraction of sp³-hybridized carbons (Fsp3) is 0.562. The van der Waals surface area contributed by atoms with Gasteiger partial charge in [0.1, 0.15) is 5.75 Å². The summed E-state index contributed by atoms with van der Waals surface area (Å²) >= 11 is 0. The molecule has 1 amide bonds. The van der Waals surface area contributed by atoms with Crippen LogP contribution in [0.1, 0.15) is 37.2 Å². The zero-order chi connectivity index (χ0) is 14.4. The number of fused-ring (bicyclic) bond motifs is 1. The molecule has 1 aliphatic heterocycles. The highest BCUT2D eigenvalue weighted by atomic mass is 16.5. The number of hydrogen-bond donors (Lipinski definition) is 1. The Morgan fingerprint density at radius 2 is 2.15 bits per heavy atom. The number of ether oxygens (including phenoxy) is 1. The van der Waals surface area contributed by atoms with Crippen LogP contribution in [0.2, 0.25) is 0 Å². The lowest BCUT2D eigenvalue weighted by molar-refractivity contribution is -0.132. The highest BCUT2D eigenvalue weighted by Crippen LogP contribution is 2.34. The lowest BCUT2D eigenvalue weighted by atomic mass is 9.92. The normalized spacial score (nSPS) is 17.2. The van der Waals surface area contributed by atoms with Gasteiger partial charge >= 0.3 is 0 Å². The van der Waals surface area contributed by atoms with E-state index in [-0.39, 0.29) is 11.8 Å². The van der Waals surface area contributed by atoms with Gasteiger partial charge in [-0.3, -0.25) is 4.79 Å². The Bertz CT molecular complexity index is 448. The van der Waals surface area contributed by atoms with Crippen molar-refractivity contribution in [1.29, 1.82) is 0 Å². The van der Waals surface area contributed by atoms with Crippen LogP contribution in [-0.4, -0.2) is 37.6 Å². The first-order valence-electron chi connectivity index (χ1n) is 7.41. The van der Waals surface area contributed by atoms with E-state index in [2.05, 4.69) is 0 Å². The second-order valence-corrected chi connectivity index (χ2v) is 5.34. The Labute approximate surface area is 120 Å². The van der Waals surface area contributed by atoms with Crippen molar-refractivity contribution in [3.05, 3.63) is 29.8 Å². The summed E-state index contributed by atoms with van der Waals surface area (Å²) in [7, 11) is 1.89. The number of likely N-dealkylation sites (N-methyl/N-ethyl adjacent to an activating group) is 1. The molecule has 20 heavy (non-hydrogen) atoms. The number of carbonyl (C=O) groups is 1. The molecule has 0 fully saturated rings. The Balaban J connectivity index is 1.96. The van der Waals surface area contributed by atoms with Gasteiger partial charge in [-0.15, -0.1) is 0 Å². The van der Waals surface area contributed by atoms with E-state index in [0.29, 0.717) is 6.61 Å². The number of nitrogens with zero attached hydrogens (tertiary/aromatic N) is 1. The topological polar surface area (TPSA) is 55.6 Å². The van der Waals surface area contributed by atoms with E-state index in [0.717, 1.165) is 50.1 Å². The summed E-state index contributed by atoms with van der Waals surface area (Å²) in [6.07, 6.45) is 3.90. The second kappa shape index (κ2) is 7.29. The fourth-order valence-corrected chi connectivity index (χ4v) is 2.64. The van der Waals surface area contributed by atoms with Crippen molar-refractivity contribution >= 4 is 5.91 Å². The first-order valence-corrected chi connectivity index (χ1v) is 7.41. The molecule has 0 saturated heterocycles.